The fourth-order valence-corrected chi connectivity index (χ4v) is 2.27. The maximum atomic E-state index is 9.28. The molecule has 0 amide bonds. The standard InChI is InChI=1S/C22H18O2.3HI.V/c23-21-13-9-19(10-14-21)7-5-17-1-2-18(4-3-17)6-8-20-11-15-22(24)16-12-20;;;;/h1-16,23-24H;3*1H;/q;;;;+3/p-3/b7-5+,8-6+;;;;. The zero-order valence-electron chi connectivity index (χ0n) is 14.7. The van der Waals surface area contributed by atoms with Gasteiger partial charge in [-0.05, 0) is 46.5 Å². The van der Waals surface area contributed by atoms with E-state index in [1.165, 1.54) is 0 Å². The predicted octanol–water partition coefficient (Wildman–Crippen LogP) is 8.09. The van der Waals surface area contributed by atoms with Crippen molar-refractivity contribution in [1.82, 2.24) is 0 Å². The number of hydrogen-bond donors (Lipinski definition) is 2. The fourth-order valence-electron chi connectivity index (χ4n) is 2.27. The summed E-state index contributed by atoms with van der Waals surface area (Å²) in [6.45, 7) is 0. The van der Waals surface area contributed by atoms with Crippen molar-refractivity contribution in [3.8, 4) is 11.5 Å². The Kier molecular flexibility index (Phi) is 11.0. The number of phenolic OH excluding ortho intramolecular Hbond substituents is 2. The first kappa shape index (κ1) is 23.8. The summed E-state index contributed by atoms with van der Waals surface area (Å²) in [6, 6.07) is 22.5. The van der Waals surface area contributed by atoms with Gasteiger partial charge in [0.15, 0.2) is 0 Å². The molecular weight excluding hydrogens is 728 g/mol. The average Bonchev–Trinajstić information content (AvgIpc) is 2.67. The van der Waals surface area contributed by atoms with Crippen molar-refractivity contribution in [2.75, 3.05) is 0 Å². The minimum absolute atomic E-state index is 0.275. The average molecular weight is 746 g/mol. The van der Waals surface area contributed by atoms with Gasteiger partial charge in [0.1, 0.15) is 11.5 Å². The Bertz CT molecular complexity index is 827. The number of hydrogen-bond acceptors (Lipinski definition) is 2. The zero-order chi connectivity index (χ0) is 20.4. The summed E-state index contributed by atoms with van der Waals surface area (Å²) in [4.78, 5) is -0.278. The quantitative estimate of drug-likeness (QED) is 0.210. The van der Waals surface area contributed by atoms with E-state index in [9.17, 15) is 10.2 Å². The van der Waals surface area contributed by atoms with Crippen LogP contribution < -0.4 is 0 Å². The van der Waals surface area contributed by atoms with E-state index in [1.54, 1.807) is 24.3 Å². The van der Waals surface area contributed by atoms with Gasteiger partial charge in [0.05, 0.1) is 0 Å². The third-order valence-corrected chi connectivity index (χ3v) is 3.66. The molecule has 0 aliphatic rings. The molecule has 3 aromatic carbocycles. The molecule has 28 heavy (non-hydrogen) atoms. The van der Waals surface area contributed by atoms with Crippen molar-refractivity contribution >= 4 is 84.2 Å². The normalized spacial score (nSPS) is 11.0. The molecule has 0 saturated carbocycles. The summed E-state index contributed by atoms with van der Waals surface area (Å²) >= 11 is 7.39. The minimum atomic E-state index is -0.278. The van der Waals surface area contributed by atoms with Crippen LogP contribution in [0.1, 0.15) is 22.3 Å². The molecule has 2 nitrogen and oxygen atoms in total. The molecule has 6 heteroatoms. The van der Waals surface area contributed by atoms with Crippen LogP contribution in [-0.2, 0) is 4.92 Å². The van der Waals surface area contributed by atoms with Gasteiger partial charge in [0.2, 0.25) is 0 Å². The Balaban J connectivity index is 0.000000640. The second-order valence-electron chi connectivity index (χ2n) is 5.71. The molecule has 0 aliphatic carbocycles. The monoisotopic (exact) mass is 746 g/mol. The third-order valence-electron chi connectivity index (χ3n) is 3.66. The van der Waals surface area contributed by atoms with Crippen LogP contribution in [0.4, 0.5) is 0 Å². The van der Waals surface area contributed by atoms with E-state index in [-0.39, 0.29) is 16.4 Å². The summed E-state index contributed by atoms with van der Waals surface area (Å²) in [7, 11) is 0. The SMILES string of the molecule is Oc1ccc(/C=C/c2ccc(/C=C/c3ccc(O)cc3)cc2)cc1.[I][V]([I])[I]. The van der Waals surface area contributed by atoms with Crippen molar-refractivity contribution in [3.63, 3.8) is 0 Å². The van der Waals surface area contributed by atoms with E-state index >= 15 is 0 Å². The van der Waals surface area contributed by atoms with E-state index in [0.29, 0.717) is 0 Å². The molecule has 0 fully saturated rings. The van der Waals surface area contributed by atoms with Gasteiger partial charge in [-0.15, -0.1) is 0 Å². The molecule has 0 unspecified atom stereocenters. The molecule has 0 saturated heterocycles. The van der Waals surface area contributed by atoms with Gasteiger partial charge in [-0.1, -0.05) is 72.8 Å². The van der Waals surface area contributed by atoms with Gasteiger partial charge in [0.25, 0.3) is 0 Å². The second-order valence-corrected chi connectivity index (χ2v) is 41.1. The number of aromatic hydroxyl groups is 2. The molecule has 0 radical (unpaired) electrons. The molecule has 2 N–H and O–H groups in total. The fraction of sp³-hybridized carbons (Fsp3) is 0. The third kappa shape index (κ3) is 9.82. The first-order valence-electron chi connectivity index (χ1n) is 8.24. The first-order valence-corrected chi connectivity index (χ1v) is 21.8. The van der Waals surface area contributed by atoms with Crippen molar-refractivity contribution < 1.29 is 15.1 Å². The topological polar surface area (TPSA) is 40.5 Å². The van der Waals surface area contributed by atoms with Gasteiger partial charge < -0.3 is 10.2 Å². The Morgan fingerprint density at radius 3 is 0.857 bits per heavy atom. The number of rotatable bonds is 4. The maximum absolute atomic E-state index is 9.28. The van der Waals surface area contributed by atoms with Crippen LogP contribution >= 0.6 is 59.9 Å². The Labute approximate surface area is 203 Å². The molecular formula is C22H18I3O2V. The van der Waals surface area contributed by atoms with E-state index < -0.39 is 0 Å². The summed E-state index contributed by atoms with van der Waals surface area (Å²) in [5.41, 5.74) is 4.32. The molecule has 3 rings (SSSR count). The second kappa shape index (κ2) is 12.9. The molecule has 0 bridgehead atoms. The van der Waals surface area contributed by atoms with Gasteiger partial charge in [-0.3, -0.25) is 0 Å². The number of benzene rings is 3. The van der Waals surface area contributed by atoms with Crippen LogP contribution in [0.2, 0.25) is 0 Å². The van der Waals surface area contributed by atoms with Crippen LogP contribution in [-0.4, -0.2) is 10.2 Å². The molecule has 144 valence electrons. The first-order chi connectivity index (χ1) is 13.4. The van der Waals surface area contributed by atoms with Gasteiger partial charge in [-0.2, -0.15) is 0 Å². The van der Waals surface area contributed by atoms with Crippen LogP contribution in [0.25, 0.3) is 24.3 Å². The summed E-state index contributed by atoms with van der Waals surface area (Å²) in [5.74, 6) is 0.550. The van der Waals surface area contributed by atoms with E-state index in [2.05, 4.69) is 84.2 Å². The van der Waals surface area contributed by atoms with E-state index in [1.807, 2.05) is 48.6 Å². The number of phenols is 2. The van der Waals surface area contributed by atoms with Gasteiger partial charge in [0, 0.05) is 0 Å². The zero-order valence-corrected chi connectivity index (χ0v) is 22.6. The van der Waals surface area contributed by atoms with E-state index in [4.69, 9.17) is 0 Å². The van der Waals surface area contributed by atoms with Crippen LogP contribution in [0, 0.1) is 0 Å². The van der Waals surface area contributed by atoms with Gasteiger partial charge in [-0.25, -0.2) is 0 Å². The molecule has 0 aliphatic heterocycles. The Hall–Kier alpha value is -0.486. The van der Waals surface area contributed by atoms with Gasteiger partial charge >= 0.3 is 64.9 Å². The van der Waals surface area contributed by atoms with Crippen molar-refractivity contribution in [2.45, 2.75) is 0 Å². The summed E-state index contributed by atoms with van der Waals surface area (Å²) in [5, 5.41) is 18.6. The molecule has 0 spiro atoms. The summed E-state index contributed by atoms with van der Waals surface area (Å²) < 4.78 is 0. The van der Waals surface area contributed by atoms with Crippen molar-refractivity contribution in [2.24, 2.45) is 0 Å². The van der Waals surface area contributed by atoms with E-state index in [0.717, 1.165) is 22.3 Å². The molecule has 3 aromatic rings. The molecule has 0 heterocycles. The van der Waals surface area contributed by atoms with Crippen molar-refractivity contribution in [3.05, 3.63) is 95.1 Å². The van der Waals surface area contributed by atoms with Crippen LogP contribution in [0.3, 0.4) is 0 Å². The Morgan fingerprint density at radius 1 is 0.464 bits per heavy atom. The number of halogens is 3. The molecule has 0 aromatic heterocycles. The molecule has 0 atom stereocenters. The van der Waals surface area contributed by atoms with Crippen LogP contribution in [0.5, 0.6) is 11.5 Å². The Morgan fingerprint density at radius 2 is 0.643 bits per heavy atom. The van der Waals surface area contributed by atoms with Crippen molar-refractivity contribution in [1.29, 1.82) is 0 Å². The van der Waals surface area contributed by atoms with Crippen LogP contribution in [0.15, 0.2) is 72.8 Å². The summed E-state index contributed by atoms with van der Waals surface area (Å²) in [6.07, 6.45) is 8.11. The predicted molar refractivity (Wildman–Crippen MR) is 143 cm³/mol.